The van der Waals surface area contributed by atoms with E-state index in [4.69, 9.17) is 25.8 Å². The first kappa shape index (κ1) is 73.1. The van der Waals surface area contributed by atoms with Gasteiger partial charge in [0.2, 0.25) is 0 Å². The molecule has 0 spiro atoms. The second-order valence-corrected chi connectivity index (χ2v) is 24.2. The van der Waals surface area contributed by atoms with Gasteiger partial charge in [0, 0.05) is 80.3 Å². The van der Waals surface area contributed by atoms with Gasteiger partial charge >= 0.3 is 0 Å². The Bertz CT molecular complexity index is 5220. The fourth-order valence-electron chi connectivity index (χ4n) is 11.6. The molecule has 21 nitrogen and oxygen atoms in total. The second kappa shape index (κ2) is 35.0. The molecule has 6 aromatic heterocycles. The Morgan fingerprint density at radius 1 is 0.400 bits per heavy atom. The number of pyridine rings is 1. The summed E-state index contributed by atoms with van der Waals surface area (Å²) >= 11 is 5.98. The maximum Gasteiger partial charge on any atom is 0.277 e. The molecule has 105 heavy (non-hydrogen) atoms. The van der Waals surface area contributed by atoms with E-state index < -0.39 is 4.92 Å². The molecule has 0 fully saturated rings. The van der Waals surface area contributed by atoms with Gasteiger partial charge in [0.1, 0.15) is 34.7 Å². The number of ether oxygens (including phenoxy) is 3. The first-order chi connectivity index (χ1) is 51.0. The van der Waals surface area contributed by atoms with E-state index in [0.29, 0.717) is 95.8 Å². The number of benzene rings is 8. The maximum absolute atomic E-state index is 13.2. The highest BCUT2D eigenvalue weighted by Crippen LogP contribution is 2.29. The molecule has 0 bridgehead atoms. The van der Waals surface area contributed by atoms with Gasteiger partial charge in [0.05, 0.1) is 49.0 Å². The average Bonchev–Trinajstić information content (AvgIpc) is 1.65. The van der Waals surface area contributed by atoms with Crippen LogP contribution < -0.4 is 36.4 Å². The van der Waals surface area contributed by atoms with Gasteiger partial charge in [-0.05, 0) is 225 Å². The summed E-state index contributed by atoms with van der Waals surface area (Å²) in [6, 6.07) is 62.2. The molecule has 0 aliphatic rings. The molecule has 532 valence electrons. The molecule has 0 saturated carbocycles. The molecule has 25 heteroatoms. The van der Waals surface area contributed by atoms with Crippen LogP contribution >= 0.6 is 11.6 Å². The van der Waals surface area contributed by atoms with Crippen LogP contribution in [-0.2, 0) is 51.4 Å². The number of H-pyrrole nitrogens is 6. The number of non-ortho nitro benzene ring substituents is 1. The van der Waals surface area contributed by atoms with Gasteiger partial charge in [-0.3, -0.25) is 59.9 Å². The van der Waals surface area contributed by atoms with Crippen molar-refractivity contribution in [2.75, 3.05) is 21.3 Å². The number of aryl methyl sites for hydroxylation is 4. The number of nitrogens with one attached hydrogen (secondary N) is 6. The summed E-state index contributed by atoms with van der Waals surface area (Å²) in [5.74, 6) is 2.24. The number of nitrogens with zero attached hydrogens (tertiary/aromatic N) is 6. The highest BCUT2D eigenvalue weighted by molar-refractivity contribution is 6.30. The summed E-state index contributed by atoms with van der Waals surface area (Å²) in [5.41, 5.74) is 12.1. The zero-order chi connectivity index (χ0) is 73.8. The van der Waals surface area contributed by atoms with Crippen molar-refractivity contribution in [3.8, 4) is 74.0 Å². The first-order valence-electron chi connectivity index (χ1n) is 33.1. The van der Waals surface area contributed by atoms with E-state index in [1.165, 1.54) is 57.9 Å². The van der Waals surface area contributed by atoms with E-state index in [1.807, 2.05) is 97.1 Å². The molecule has 0 saturated heterocycles. The highest BCUT2D eigenvalue weighted by Gasteiger charge is 2.21. The standard InChI is InChI=1S/C23H20FN3O2.C22H19FN4O2.C18H17FN2O2.C17H14ClN3O3/c1-29-19-12-8-17(9-13-19)22-20(14-7-16-5-10-18(24)11-6-16)23(28)27(26-22)21-4-2-3-15-25-21;1-29-18-10-6-16(7-11-18)20-19(12-5-15-3-8-17(23)9-4-15)21(28)27(26-20)22-24-13-2-14-25-22;1-23-15-9-5-13(6-10-15)17-16(18(22)21-20-17)11-4-12-2-7-14(19)8-3-12;18-13-3-1-2-11(10-13)4-9-15-16(19-20-17(15)22)12-5-7-14(8-6-12)21(23)24/h2-6,8-13,15,26H,7,14H2,1H3;2-4,6-11,13-14,26H,5,12H2,1H3;2-3,5-10H,4,11H2,1H3,(H2,20,21,22);1-3,5-8,10H,4,9H2,(H2,19,20,22). The molecule has 0 aliphatic heterocycles. The van der Waals surface area contributed by atoms with E-state index in [-0.39, 0.29) is 51.3 Å². The fourth-order valence-corrected chi connectivity index (χ4v) is 11.8. The number of hydrogen-bond acceptors (Lipinski definition) is 12. The van der Waals surface area contributed by atoms with E-state index in [2.05, 4.69) is 45.5 Å². The molecule has 0 aliphatic carbocycles. The zero-order valence-corrected chi connectivity index (χ0v) is 57.8. The van der Waals surface area contributed by atoms with Crippen LogP contribution in [-0.4, -0.2) is 81.2 Å². The third-order valence-electron chi connectivity index (χ3n) is 17.1. The van der Waals surface area contributed by atoms with Crippen molar-refractivity contribution < 1.29 is 32.3 Å². The molecule has 0 atom stereocenters. The lowest BCUT2D eigenvalue weighted by Gasteiger charge is -2.05. The van der Waals surface area contributed by atoms with Crippen molar-refractivity contribution in [2.24, 2.45) is 0 Å². The SMILES string of the molecule is COc1ccc(-c2[nH][nH]c(=O)c2CCc2ccc(F)cc2)cc1.COc1ccc(-c2[nH]n(-c3ccccn3)c(=O)c2CCc2ccc(F)cc2)cc1.COc1ccc(-c2[nH]n(-c3ncccn3)c(=O)c2CCc2ccc(F)cc2)cc1.O=c1[nH][nH]c(-c2ccc([N+](=O)[O-])cc2)c1CCc1cccc(Cl)c1. The van der Waals surface area contributed by atoms with Gasteiger partial charge in [-0.15, -0.1) is 0 Å². The number of halogens is 4. The molecule has 6 heterocycles. The molecule has 0 radical (unpaired) electrons. The lowest BCUT2D eigenvalue weighted by Crippen LogP contribution is -2.19. The Balaban J connectivity index is 0.000000141. The van der Waals surface area contributed by atoms with Gasteiger partial charge in [-0.1, -0.05) is 66.2 Å². The van der Waals surface area contributed by atoms with E-state index in [0.717, 1.165) is 73.1 Å². The number of methoxy groups -OCH3 is 3. The van der Waals surface area contributed by atoms with Crippen molar-refractivity contribution in [2.45, 2.75) is 51.4 Å². The quantitative estimate of drug-likeness (QED) is 0.0273. The molecule has 6 N–H and O–H groups in total. The molecule has 8 aromatic carbocycles. The number of aromatic amines is 6. The molecular weight excluding hydrogens is 1370 g/mol. The van der Waals surface area contributed by atoms with E-state index in [9.17, 15) is 42.5 Å². The average molecular weight is 1440 g/mol. The highest BCUT2D eigenvalue weighted by atomic mass is 35.5. The van der Waals surface area contributed by atoms with Crippen molar-refractivity contribution >= 4 is 17.3 Å². The number of nitro benzene ring substituents is 1. The minimum atomic E-state index is -0.455. The predicted octanol–water partition coefficient (Wildman–Crippen LogP) is 14.7. The smallest absolute Gasteiger partial charge is 0.277 e. The normalized spacial score (nSPS) is 10.8. The Kier molecular flexibility index (Phi) is 24.4. The van der Waals surface area contributed by atoms with Gasteiger partial charge in [0.15, 0.2) is 5.82 Å². The van der Waals surface area contributed by atoms with Crippen molar-refractivity contribution in [1.82, 2.24) is 54.9 Å². The third kappa shape index (κ3) is 18.9. The molecule has 14 rings (SSSR count). The lowest BCUT2D eigenvalue weighted by molar-refractivity contribution is -0.384. The molecule has 0 unspecified atom stereocenters. The van der Waals surface area contributed by atoms with Crippen LogP contribution in [0.25, 0.3) is 56.8 Å². The van der Waals surface area contributed by atoms with Crippen LogP contribution in [0.4, 0.5) is 18.9 Å². The number of nitro groups is 1. The van der Waals surface area contributed by atoms with Gasteiger partial charge in [-0.2, -0.15) is 4.68 Å². The van der Waals surface area contributed by atoms with Gasteiger partial charge in [0.25, 0.3) is 33.9 Å². The van der Waals surface area contributed by atoms with E-state index in [1.54, 1.807) is 113 Å². The Hall–Kier alpha value is -13.1. The Morgan fingerprint density at radius 2 is 0.781 bits per heavy atom. The van der Waals surface area contributed by atoms with Crippen molar-refractivity contribution in [3.05, 3.63) is 355 Å². The van der Waals surface area contributed by atoms with Gasteiger partial charge < -0.3 is 14.2 Å². The fraction of sp³-hybridized carbons (Fsp3) is 0.138. The molecule has 0 amide bonds. The summed E-state index contributed by atoms with van der Waals surface area (Å²) in [7, 11) is 4.83. The van der Waals surface area contributed by atoms with Crippen LogP contribution in [0.3, 0.4) is 0 Å². The Morgan fingerprint density at radius 3 is 1.18 bits per heavy atom. The summed E-state index contributed by atoms with van der Waals surface area (Å²) in [5, 5.41) is 28.8. The summed E-state index contributed by atoms with van der Waals surface area (Å²) < 4.78 is 57.7. The van der Waals surface area contributed by atoms with Crippen LogP contribution in [0.1, 0.15) is 44.5 Å². The van der Waals surface area contributed by atoms with Crippen LogP contribution in [0, 0.1) is 27.6 Å². The van der Waals surface area contributed by atoms with Crippen LogP contribution in [0.15, 0.2) is 256 Å². The van der Waals surface area contributed by atoms with Crippen molar-refractivity contribution in [1.29, 1.82) is 0 Å². The topological polar surface area (TPSA) is 282 Å². The minimum absolute atomic E-state index is 0.0112. The second-order valence-electron chi connectivity index (χ2n) is 23.8. The number of rotatable bonds is 22. The zero-order valence-electron chi connectivity index (χ0n) is 57.0. The summed E-state index contributed by atoms with van der Waals surface area (Å²) in [6.45, 7) is 0. The summed E-state index contributed by atoms with van der Waals surface area (Å²) in [6.07, 6.45) is 9.49. The predicted molar refractivity (Wildman–Crippen MR) is 397 cm³/mol. The van der Waals surface area contributed by atoms with E-state index >= 15 is 0 Å². The molecule has 14 aromatic rings. The minimum Gasteiger partial charge on any atom is -0.497 e. The largest absolute Gasteiger partial charge is 0.497 e. The third-order valence-corrected chi connectivity index (χ3v) is 17.4. The lowest BCUT2D eigenvalue weighted by atomic mass is 10.0. The first-order valence-corrected chi connectivity index (χ1v) is 33.5. The molecular formula is C80H70ClF3N12O9. The summed E-state index contributed by atoms with van der Waals surface area (Å²) in [4.78, 5) is 73.3. The van der Waals surface area contributed by atoms with Crippen LogP contribution in [0.5, 0.6) is 17.2 Å². The Labute approximate surface area is 603 Å². The number of aromatic nitrogens is 11. The maximum atomic E-state index is 13.2. The monoisotopic (exact) mass is 1430 g/mol. The van der Waals surface area contributed by atoms with Crippen LogP contribution in [0.2, 0.25) is 5.02 Å². The number of hydrogen-bond donors (Lipinski definition) is 6. The van der Waals surface area contributed by atoms with Gasteiger partial charge in [-0.25, -0.2) is 32.8 Å². The van der Waals surface area contributed by atoms with Crippen molar-refractivity contribution in [3.63, 3.8) is 0 Å².